The summed E-state index contributed by atoms with van der Waals surface area (Å²) in [7, 11) is 1.24. The van der Waals surface area contributed by atoms with Gasteiger partial charge in [0.05, 0.1) is 17.5 Å². The van der Waals surface area contributed by atoms with Crippen LogP contribution in [0.4, 0.5) is 26.3 Å². The Bertz CT molecular complexity index is 329. The Morgan fingerprint density at radius 3 is 1.94 bits per heavy atom. The zero-order chi connectivity index (χ0) is 13.9. The Hall–Kier alpha value is -0.210. The van der Waals surface area contributed by atoms with Crippen molar-refractivity contribution in [1.82, 2.24) is 5.32 Å². The van der Waals surface area contributed by atoms with Crippen LogP contribution in [-0.4, -0.2) is 42.5 Å². The van der Waals surface area contributed by atoms with Crippen LogP contribution in [0, 0.1) is 5.92 Å². The van der Waals surface area contributed by atoms with Crippen molar-refractivity contribution < 1.29 is 31.1 Å². The smallest absolute Gasteiger partial charge is 0.380 e. The van der Waals surface area contributed by atoms with Crippen LogP contribution in [0.5, 0.6) is 0 Å². The fourth-order valence-electron chi connectivity index (χ4n) is 2.93. The van der Waals surface area contributed by atoms with Crippen LogP contribution in [0.15, 0.2) is 0 Å². The minimum absolute atomic E-state index is 0.360. The Morgan fingerprint density at radius 2 is 1.67 bits per heavy atom. The molecule has 0 aromatic carbocycles. The summed E-state index contributed by atoms with van der Waals surface area (Å²) in [5.41, 5.74) is -3.92. The Kier molecular flexibility index (Phi) is 3.07. The van der Waals surface area contributed by atoms with Crippen molar-refractivity contribution in [2.75, 3.05) is 7.11 Å². The van der Waals surface area contributed by atoms with E-state index in [1.807, 2.05) is 0 Å². The highest BCUT2D eigenvalue weighted by molar-refractivity contribution is 6.22. The quantitative estimate of drug-likeness (QED) is 0.593. The molecule has 9 heteroatoms. The molecule has 2 rings (SSSR count). The summed E-state index contributed by atoms with van der Waals surface area (Å²) in [6, 6.07) is -1.15. The Balaban J connectivity index is 2.44. The third-order valence-corrected chi connectivity index (χ3v) is 4.34. The lowest BCUT2D eigenvalue weighted by molar-refractivity contribution is -0.321. The van der Waals surface area contributed by atoms with Crippen LogP contribution in [0.3, 0.4) is 0 Å². The molecule has 1 aliphatic carbocycles. The second kappa shape index (κ2) is 3.89. The summed E-state index contributed by atoms with van der Waals surface area (Å²) in [5.74, 6) is -1.77. The van der Waals surface area contributed by atoms with Gasteiger partial charge in [0.25, 0.3) is 0 Å². The summed E-state index contributed by atoms with van der Waals surface area (Å²) in [6.07, 6.45) is -12.0. The van der Waals surface area contributed by atoms with E-state index < -0.39 is 41.3 Å². The highest BCUT2D eigenvalue weighted by atomic mass is 35.5. The van der Waals surface area contributed by atoms with Crippen molar-refractivity contribution in [1.29, 1.82) is 0 Å². The van der Waals surface area contributed by atoms with Gasteiger partial charge in [0.1, 0.15) is 0 Å². The first-order valence-electron chi connectivity index (χ1n) is 5.14. The summed E-state index contributed by atoms with van der Waals surface area (Å²) in [6.45, 7) is 0. The third-order valence-electron chi connectivity index (χ3n) is 3.76. The van der Waals surface area contributed by atoms with E-state index in [0.717, 1.165) is 0 Å². The molecule has 2 bridgehead atoms. The van der Waals surface area contributed by atoms with E-state index in [4.69, 9.17) is 16.3 Å². The Labute approximate surface area is 104 Å². The molecule has 1 saturated heterocycles. The van der Waals surface area contributed by atoms with E-state index in [2.05, 4.69) is 0 Å². The van der Waals surface area contributed by atoms with Gasteiger partial charge in [-0.3, -0.25) is 5.32 Å². The topological polar surface area (TPSA) is 21.3 Å². The van der Waals surface area contributed by atoms with Gasteiger partial charge in [0.2, 0.25) is 5.54 Å². The van der Waals surface area contributed by atoms with Gasteiger partial charge >= 0.3 is 12.4 Å². The van der Waals surface area contributed by atoms with Crippen LogP contribution in [-0.2, 0) is 4.74 Å². The minimum Gasteiger partial charge on any atom is -0.380 e. The molecule has 0 amide bonds. The van der Waals surface area contributed by atoms with Gasteiger partial charge in [-0.05, 0) is 6.42 Å². The third kappa shape index (κ3) is 1.58. The molecule has 1 saturated carbocycles. The molecule has 2 fully saturated rings. The van der Waals surface area contributed by atoms with Gasteiger partial charge in [0.15, 0.2) is 0 Å². The summed E-state index contributed by atoms with van der Waals surface area (Å²) in [5, 5.41) is 0.376. The second-order valence-electron chi connectivity index (χ2n) is 4.53. The van der Waals surface area contributed by atoms with Crippen LogP contribution >= 0.6 is 11.6 Å². The summed E-state index contributed by atoms with van der Waals surface area (Å²) >= 11 is 5.70. The fraction of sp³-hybridized carbons (Fsp3) is 1.00. The van der Waals surface area contributed by atoms with Gasteiger partial charge in [-0.15, -0.1) is 11.6 Å². The standard InChI is InChI=1S/C9H10ClF6NO/c1-18-4-2-3-5(10)6(4)17-7(3,8(11,12)13)9(14,15)16/h3-6,17H,2H2,1H3/t3-,4-,5?,6+/m1/s1. The fourth-order valence-corrected chi connectivity index (χ4v) is 3.45. The second-order valence-corrected chi connectivity index (χ2v) is 5.04. The lowest BCUT2D eigenvalue weighted by Crippen LogP contribution is -2.70. The monoisotopic (exact) mass is 297 g/mol. The number of methoxy groups -OCH3 is 1. The van der Waals surface area contributed by atoms with Crippen LogP contribution in [0.2, 0.25) is 0 Å². The maximum absolute atomic E-state index is 12.9. The van der Waals surface area contributed by atoms with Gasteiger partial charge in [-0.1, -0.05) is 0 Å². The Morgan fingerprint density at radius 1 is 1.17 bits per heavy atom. The number of rotatable bonds is 1. The molecule has 4 atom stereocenters. The van der Waals surface area contributed by atoms with E-state index in [1.54, 1.807) is 5.32 Å². The average molecular weight is 298 g/mol. The lowest BCUT2D eigenvalue weighted by Gasteiger charge is -2.42. The van der Waals surface area contributed by atoms with Crippen molar-refractivity contribution in [2.45, 2.75) is 41.8 Å². The highest BCUT2D eigenvalue weighted by Crippen LogP contribution is 2.58. The molecule has 2 aliphatic rings. The number of hydrogen-bond acceptors (Lipinski definition) is 2. The summed E-state index contributed by atoms with van der Waals surface area (Å²) < 4.78 is 82.2. The number of nitrogens with one attached hydrogen (secondary N) is 1. The van der Waals surface area contributed by atoms with Crippen molar-refractivity contribution in [2.24, 2.45) is 5.92 Å². The molecular formula is C9H10ClF6NO. The zero-order valence-corrected chi connectivity index (χ0v) is 9.83. The van der Waals surface area contributed by atoms with Crippen LogP contribution in [0.1, 0.15) is 6.42 Å². The van der Waals surface area contributed by atoms with Crippen molar-refractivity contribution in [3.05, 3.63) is 0 Å². The van der Waals surface area contributed by atoms with Crippen molar-refractivity contribution in [3.63, 3.8) is 0 Å². The predicted octanol–water partition coefficient (Wildman–Crippen LogP) is 2.46. The van der Waals surface area contributed by atoms with E-state index in [9.17, 15) is 26.3 Å². The SMILES string of the molecule is CO[C@@H]1C[C@@H]2C(Cl)[C@H]1NC2(C(F)(F)F)C(F)(F)F. The number of fused-ring (bicyclic) bond motifs is 2. The van der Waals surface area contributed by atoms with E-state index in [1.165, 1.54) is 7.11 Å². The molecule has 0 spiro atoms. The molecule has 0 aromatic rings. The van der Waals surface area contributed by atoms with Crippen molar-refractivity contribution >= 4 is 11.6 Å². The van der Waals surface area contributed by atoms with E-state index in [0.29, 0.717) is 0 Å². The molecule has 0 radical (unpaired) electrons. The molecular weight excluding hydrogens is 288 g/mol. The van der Waals surface area contributed by atoms with E-state index in [-0.39, 0.29) is 6.42 Å². The minimum atomic E-state index is -5.45. The van der Waals surface area contributed by atoms with Crippen molar-refractivity contribution in [3.8, 4) is 0 Å². The molecule has 1 aliphatic heterocycles. The van der Waals surface area contributed by atoms with Gasteiger partial charge in [-0.2, -0.15) is 26.3 Å². The zero-order valence-electron chi connectivity index (χ0n) is 9.07. The van der Waals surface area contributed by atoms with Gasteiger partial charge < -0.3 is 4.74 Å². The predicted molar refractivity (Wildman–Crippen MR) is 50.3 cm³/mol. The molecule has 1 N–H and O–H groups in total. The normalized spacial score (nSPS) is 39.3. The molecule has 2 nitrogen and oxygen atoms in total. The van der Waals surface area contributed by atoms with Crippen LogP contribution < -0.4 is 5.32 Å². The largest absolute Gasteiger partial charge is 0.415 e. The number of piperidine rings is 1. The number of hydrogen-bond donors (Lipinski definition) is 1. The first-order valence-corrected chi connectivity index (χ1v) is 5.58. The first kappa shape index (κ1) is 14.2. The van der Waals surface area contributed by atoms with Gasteiger partial charge in [0, 0.05) is 13.0 Å². The van der Waals surface area contributed by atoms with Crippen LogP contribution in [0.25, 0.3) is 0 Å². The average Bonchev–Trinajstić information content (AvgIpc) is 2.67. The molecule has 18 heavy (non-hydrogen) atoms. The molecule has 1 heterocycles. The number of halogens is 7. The maximum atomic E-state index is 12.9. The summed E-state index contributed by atoms with van der Waals surface area (Å²) in [4.78, 5) is 0. The number of alkyl halides is 7. The molecule has 0 aromatic heterocycles. The van der Waals surface area contributed by atoms with E-state index >= 15 is 0 Å². The molecule has 106 valence electrons. The maximum Gasteiger partial charge on any atom is 0.415 e. The highest BCUT2D eigenvalue weighted by Gasteiger charge is 2.81. The first-order chi connectivity index (χ1) is 8.06. The van der Waals surface area contributed by atoms with Gasteiger partial charge in [-0.25, -0.2) is 0 Å². The number of ether oxygens (including phenoxy) is 1. The lowest BCUT2D eigenvalue weighted by atomic mass is 9.82. The molecule has 1 unspecified atom stereocenters.